The first-order valence-corrected chi connectivity index (χ1v) is 9.55. The van der Waals surface area contributed by atoms with Crippen LogP contribution in [0.2, 0.25) is 0 Å². The number of ether oxygens (including phenoxy) is 1. The van der Waals surface area contributed by atoms with E-state index in [0.717, 1.165) is 21.8 Å². The average molecular weight is 442 g/mol. The summed E-state index contributed by atoms with van der Waals surface area (Å²) in [5.41, 5.74) is 0.131. The Morgan fingerprint density at radius 3 is 2.13 bits per heavy atom. The van der Waals surface area contributed by atoms with Crippen molar-refractivity contribution in [3.8, 4) is 17.0 Å². The number of hydrogen-bond donors (Lipinski definition) is 1. The Balaban J connectivity index is 1.78. The number of nitrogens with one attached hydrogen (secondary N) is 1. The fraction of sp³-hybridized carbons (Fsp3) is 0.200. The largest absolute Gasteiger partial charge is 0.494 e. The van der Waals surface area contributed by atoms with Gasteiger partial charge in [-0.1, -0.05) is 0 Å². The number of carbonyl (C=O) groups excluding carboxylic acids is 1. The maximum absolute atomic E-state index is 13.8. The number of carbonyl (C=O) groups is 1. The van der Waals surface area contributed by atoms with E-state index in [1.165, 1.54) is 0 Å². The summed E-state index contributed by atoms with van der Waals surface area (Å²) in [5, 5.41) is 2.46. The molecule has 0 aliphatic heterocycles. The molecule has 0 atom stereocenters. The molecule has 1 heterocycles. The van der Waals surface area contributed by atoms with Gasteiger partial charge in [0.1, 0.15) is 5.75 Å². The second kappa shape index (κ2) is 8.78. The molecule has 1 aromatic heterocycles. The van der Waals surface area contributed by atoms with Crippen molar-refractivity contribution in [1.29, 1.82) is 0 Å². The van der Waals surface area contributed by atoms with Crippen LogP contribution < -0.4 is 10.1 Å². The minimum atomic E-state index is -2.27. The monoisotopic (exact) mass is 442 g/mol. The van der Waals surface area contributed by atoms with Crippen LogP contribution in [0, 0.1) is 36.0 Å². The molecule has 0 fully saturated rings. The van der Waals surface area contributed by atoms with E-state index in [-0.39, 0.29) is 5.13 Å². The molecule has 30 heavy (non-hydrogen) atoms. The van der Waals surface area contributed by atoms with E-state index in [1.54, 1.807) is 31.2 Å². The molecule has 4 nitrogen and oxygen atoms in total. The Hall–Kier alpha value is -3.01. The number of aromatic nitrogens is 1. The highest BCUT2D eigenvalue weighted by atomic mass is 32.1. The second-order valence-electron chi connectivity index (χ2n) is 6.15. The number of rotatable bonds is 6. The zero-order valence-corrected chi connectivity index (χ0v) is 16.6. The maximum atomic E-state index is 13.8. The molecule has 0 unspecified atom stereocenters. The molecule has 0 radical (unpaired) electrons. The van der Waals surface area contributed by atoms with Gasteiger partial charge < -0.3 is 10.1 Å². The van der Waals surface area contributed by atoms with Gasteiger partial charge in [0.15, 0.2) is 28.4 Å². The van der Waals surface area contributed by atoms with Crippen molar-refractivity contribution in [3.63, 3.8) is 0 Å². The van der Waals surface area contributed by atoms with Gasteiger partial charge >= 0.3 is 0 Å². The summed E-state index contributed by atoms with van der Waals surface area (Å²) in [6.07, 6.45) is -1.04. The summed E-state index contributed by atoms with van der Waals surface area (Å²) in [6, 6.07) is 7.10. The number of benzene rings is 2. The van der Waals surface area contributed by atoms with Crippen LogP contribution in [0.1, 0.15) is 17.4 Å². The van der Waals surface area contributed by atoms with Crippen molar-refractivity contribution >= 4 is 22.4 Å². The number of halogens is 5. The highest BCUT2D eigenvalue weighted by molar-refractivity contribution is 7.16. The molecule has 2 aromatic carbocycles. The van der Waals surface area contributed by atoms with Gasteiger partial charge in [0.2, 0.25) is 11.7 Å². The van der Waals surface area contributed by atoms with E-state index >= 15 is 0 Å². The Labute approximate surface area is 172 Å². The van der Waals surface area contributed by atoms with Crippen LogP contribution >= 0.6 is 11.3 Å². The summed E-state index contributed by atoms with van der Waals surface area (Å²) < 4.78 is 72.6. The van der Waals surface area contributed by atoms with Gasteiger partial charge in [-0.15, -0.1) is 11.3 Å². The molecule has 1 amide bonds. The number of aryl methyl sites for hydroxylation is 1. The summed E-state index contributed by atoms with van der Waals surface area (Å²) >= 11 is 1.11. The zero-order chi connectivity index (χ0) is 22.0. The van der Waals surface area contributed by atoms with Gasteiger partial charge in [0.25, 0.3) is 0 Å². The van der Waals surface area contributed by atoms with Crippen LogP contribution in [-0.4, -0.2) is 17.5 Å². The van der Waals surface area contributed by atoms with E-state index in [4.69, 9.17) is 4.74 Å². The fourth-order valence-corrected chi connectivity index (χ4v) is 3.57. The van der Waals surface area contributed by atoms with Gasteiger partial charge in [-0.05, 0) is 38.1 Å². The molecule has 3 aromatic rings. The molecule has 0 saturated carbocycles. The lowest BCUT2D eigenvalue weighted by Crippen LogP contribution is -2.18. The molecule has 0 spiro atoms. The van der Waals surface area contributed by atoms with Crippen molar-refractivity contribution in [2.45, 2.75) is 20.3 Å². The maximum Gasteiger partial charge on any atom is 0.230 e. The normalized spacial score (nSPS) is 10.9. The molecule has 3 rings (SSSR count). The smallest absolute Gasteiger partial charge is 0.230 e. The summed E-state index contributed by atoms with van der Waals surface area (Å²) in [4.78, 5) is 17.2. The van der Waals surface area contributed by atoms with Crippen molar-refractivity contribution in [3.05, 3.63) is 63.8 Å². The molecular formula is C20H15F5N2O2S. The first-order chi connectivity index (χ1) is 14.2. The van der Waals surface area contributed by atoms with Gasteiger partial charge in [-0.25, -0.2) is 26.9 Å². The second-order valence-corrected chi connectivity index (χ2v) is 7.36. The lowest BCUT2D eigenvalue weighted by atomic mass is 10.1. The van der Waals surface area contributed by atoms with Crippen molar-refractivity contribution in [2.24, 2.45) is 0 Å². The lowest BCUT2D eigenvalue weighted by Gasteiger charge is -2.08. The third kappa shape index (κ3) is 4.28. The van der Waals surface area contributed by atoms with Gasteiger partial charge in [0, 0.05) is 16.0 Å². The van der Waals surface area contributed by atoms with Crippen molar-refractivity contribution in [2.75, 3.05) is 11.9 Å². The lowest BCUT2D eigenvalue weighted by molar-refractivity contribution is -0.115. The highest BCUT2D eigenvalue weighted by Crippen LogP contribution is 2.31. The Morgan fingerprint density at radius 2 is 1.57 bits per heavy atom. The minimum absolute atomic E-state index is 0.130. The van der Waals surface area contributed by atoms with E-state index in [9.17, 15) is 26.7 Å². The van der Waals surface area contributed by atoms with E-state index < -0.39 is 47.0 Å². The molecular weight excluding hydrogens is 427 g/mol. The molecule has 1 N–H and O–H groups in total. The van der Waals surface area contributed by atoms with Crippen LogP contribution in [0.15, 0.2) is 24.3 Å². The summed E-state index contributed by atoms with van der Waals surface area (Å²) in [7, 11) is 0. The quantitative estimate of drug-likeness (QED) is 0.316. The predicted molar refractivity (Wildman–Crippen MR) is 102 cm³/mol. The third-order valence-electron chi connectivity index (χ3n) is 4.12. The molecule has 0 bridgehead atoms. The van der Waals surface area contributed by atoms with Crippen LogP contribution in [0.25, 0.3) is 11.3 Å². The Bertz CT molecular complexity index is 1070. The number of thiazole rings is 1. The molecule has 0 saturated heterocycles. The third-order valence-corrected chi connectivity index (χ3v) is 5.01. The minimum Gasteiger partial charge on any atom is -0.494 e. The van der Waals surface area contributed by atoms with E-state index in [0.29, 0.717) is 18.1 Å². The van der Waals surface area contributed by atoms with E-state index in [2.05, 4.69) is 10.3 Å². The van der Waals surface area contributed by atoms with Crippen LogP contribution in [0.5, 0.6) is 5.75 Å². The molecule has 10 heteroatoms. The van der Waals surface area contributed by atoms with Crippen molar-refractivity contribution in [1.82, 2.24) is 4.98 Å². The summed E-state index contributed by atoms with van der Waals surface area (Å²) in [5.74, 6) is -10.8. The Kier molecular flexibility index (Phi) is 6.35. The summed E-state index contributed by atoms with van der Waals surface area (Å²) in [6.45, 7) is 4.15. The SMILES string of the molecule is CCOc1ccc(-c2nc(NC(=O)Cc3c(F)c(F)c(F)c(F)c3F)sc2C)cc1. The topological polar surface area (TPSA) is 51.2 Å². The highest BCUT2D eigenvalue weighted by Gasteiger charge is 2.27. The van der Waals surface area contributed by atoms with E-state index in [1.807, 2.05) is 6.92 Å². The average Bonchev–Trinajstić information content (AvgIpc) is 3.09. The Morgan fingerprint density at radius 1 is 1.00 bits per heavy atom. The van der Waals surface area contributed by atoms with Crippen LogP contribution in [-0.2, 0) is 11.2 Å². The number of nitrogens with zero attached hydrogens (tertiary/aromatic N) is 1. The zero-order valence-electron chi connectivity index (χ0n) is 15.8. The molecule has 0 aliphatic rings. The first-order valence-electron chi connectivity index (χ1n) is 8.73. The molecule has 158 valence electrons. The van der Waals surface area contributed by atoms with Crippen LogP contribution in [0.4, 0.5) is 27.1 Å². The first kappa shape index (κ1) is 21.7. The van der Waals surface area contributed by atoms with Gasteiger partial charge in [-0.2, -0.15) is 0 Å². The number of amides is 1. The standard InChI is InChI=1S/C20H15F5N2O2S/c1-3-29-11-6-4-10(5-7-11)19-9(2)30-20(27-19)26-13(28)8-12-14(21)16(23)18(25)17(24)15(12)22/h4-7H,3,8H2,1-2H3,(H,26,27,28). The fourth-order valence-electron chi connectivity index (χ4n) is 2.72. The number of anilines is 1. The molecule has 0 aliphatic carbocycles. The van der Waals surface area contributed by atoms with Crippen LogP contribution in [0.3, 0.4) is 0 Å². The predicted octanol–water partition coefficient (Wildman–Crippen LogP) is 5.39. The van der Waals surface area contributed by atoms with Gasteiger partial charge in [0.05, 0.1) is 18.7 Å². The van der Waals surface area contributed by atoms with Gasteiger partial charge in [-0.3, -0.25) is 4.79 Å². The van der Waals surface area contributed by atoms with Crippen molar-refractivity contribution < 1.29 is 31.5 Å². The number of hydrogen-bond acceptors (Lipinski definition) is 4.